The number of carbonyl (C=O) groups is 1. The SMILES string of the molecule is CNC(=O)CC1CCN(Cc2cccc(OCc3c(F)cccc3Cl)c2)C1. The van der Waals surface area contributed by atoms with Crippen LogP contribution in [0.15, 0.2) is 42.5 Å². The maximum atomic E-state index is 13.9. The molecule has 0 saturated carbocycles. The highest BCUT2D eigenvalue weighted by atomic mass is 35.5. The molecule has 2 aromatic rings. The quantitative estimate of drug-likeness (QED) is 0.776. The van der Waals surface area contributed by atoms with Crippen molar-refractivity contribution in [2.45, 2.75) is 26.0 Å². The largest absolute Gasteiger partial charge is 0.489 e. The highest BCUT2D eigenvalue weighted by Gasteiger charge is 2.24. The lowest BCUT2D eigenvalue weighted by molar-refractivity contribution is -0.121. The number of amides is 1. The molecule has 1 heterocycles. The van der Waals surface area contributed by atoms with Gasteiger partial charge in [0, 0.05) is 32.1 Å². The molecule has 27 heavy (non-hydrogen) atoms. The topological polar surface area (TPSA) is 41.6 Å². The molecule has 1 aliphatic heterocycles. The Morgan fingerprint density at radius 3 is 2.93 bits per heavy atom. The molecule has 0 aliphatic carbocycles. The van der Waals surface area contributed by atoms with E-state index < -0.39 is 0 Å². The fourth-order valence-electron chi connectivity index (χ4n) is 3.40. The van der Waals surface area contributed by atoms with Gasteiger partial charge in [-0.15, -0.1) is 0 Å². The Labute approximate surface area is 164 Å². The lowest BCUT2D eigenvalue weighted by atomic mass is 10.0. The summed E-state index contributed by atoms with van der Waals surface area (Å²) in [5.74, 6) is 0.836. The molecule has 0 radical (unpaired) electrons. The maximum absolute atomic E-state index is 13.9. The second-order valence-corrected chi connectivity index (χ2v) is 7.31. The van der Waals surface area contributed by atoms with Crippen molar-refractivity contribution in [3.8, 4) is 5.75 Å². The van der Waals surface area contributed by atoms with Crippen molar-refractivity contribution < 1.29 is 13.9 Å². The fraction of sp³-hybridized carbons (Fsp3) is 0.381. The molecule has 1 fully saturated rings. The lowest BCUT2D eigenvalue weighted by Crippen LogP contribution is -2.24. The molecular formula is C21H24ClFN2O2. The monoisotopic (exact) mass is 390 g/mol. The Balaban J connectivity index is 1.56. The molecule has 1 atom stereocenters. The number of nitrogens with one attached hydrogen (secondary N) is 1. The molecule has 6 heteroatoms. The average molecular weight is 391 g/mol. The third-order valence-corrected chi connectivity index (χ3v) is 5.23. The molecule has 1 unspecified atom stereocenters. The molecule has 2 aromatic carbocycles. The molecule has 1 amide bonds. The average Bonchev–Trinajstić information content (AvgIpc) is 3.08. The predicted molar refractivity (Wildman–Crippen MR) is 104 cm³/mol. The maximum Gasteiger partial charge on any atom is 0.220 e. The number of rotatable bonds is 7. The Hall–Kier alpha value is -2.11. The standard InChI is InChI=1S/C21H24ClFN2O2/c1-24-21(26)11-16-8-9-25(13-16)12-15-4-2-5-17(10-15)27-14-18-19(22)6-3-7-20(18)23/h2-7,10,16H,8-9,11-14H2,1H3,(H,24,26). The van der Waals surface area contributed by atoms with Crippen LogP contribution < -0.4 is 10.1 Å². The molecule has 0 bridgehead atoms. The van der Waals surface area contributed by atoms with Gasteiger partial charge < -0.3 is 10.1 Å². The van der Waals surface area contributed by atoms with Gasteiger partial charge in [-0.05, 0) is 48.7 Å². The van der Waals surface area contributed by atoms with E-state index in [-0.39, 0.29) is 18.3 Å². The van der Waals surface area contributed by atoms with Crippen molar-refractivity contribution in [1.29, 1.82) is 0 Å². The first-order valence-electron chi connectivity index (χ1n) is 9.12. The Morgan fingerprint density at radius 2 is 2.15 bits per heavy atom. The Bertz CT molecular complexity index is 779. The first-order valence-corrected chi connectivity index (χ1v) is 9.50. The minimum absolute atomic E-state index is 0.0902. The van der Waals surface area contributed by atoms with Crippen LogP contribution in [-0.2, 0) is 17.9 Å². The lowest BCUT2D eigenvalue weighted by Gasteiger charge is -2.17. The second kappa shape index (κ2) is 9.20. The molecule has 1 saturated heterocycles. The molecule has 144 valence electrons. The summed E-state index contributed by atoms with van der Waals surface area (Å²) >= 11 is 6.05. The van der Waals surface area contributed by atoms with Crippen molar-refractivity contribution in [3.05, 3.63) is 64.4 Å². The zero-order chi connectivity index (χ0) is 19.2. The number of halogens is 2. The molecule has 4 nitrogen and oxygen atoms in total. The van der Waals surface area contributed by atoms with Crippen molar-refractivity contribution in [3.63, 3.8) is 0 Å². The van der Waals surface area contributed by atoms with Gasteiger partial charge >= 0.3 is 0 Å². The third-order valence-electron chi connectivity index (χ3n) is 4.87. The van der Waals surface area contributed by atoms with Crippen LogP contribution in [0.3, 0.4) is 0 Å². The summed E-state index contributed by atoms with van der Waals surface area (Å²) in [6, 6.07) is 12.4. The van der Waals surface area contributed by atoms with E-state index in [1.54, 1.807) is 19.2 Å². The molecule has 0 spiro atoms. The first-order chi connectivity index (χ1) is 13.0. The number of benzene rings is 2. The molecular weight excluding hydrogens is 367 g/mol. The van der Waals surface area contributed by atoms with Crippen LogP contribution in [0.2, 0.25) is 5.02 Å². The van der Waals surface area contributed by atoms with Crippen LogP contribution in [0, 0.1) is 11.7 Å². The van der Waals surface area contributed by atoms with Crippen molar-refractivity contribution in [2.75, 3.05) is 20.1 Å². The zero-order valence-electron chi connectivity index (χ0n) is 15.4. The predicted octanol–water partition coefficient (Wildman–Crippen LogP) is 4.02. The van der Waals surface area contributed by atoms with E-state index in [1.165, 1.54) is 6.07 Å². The number of hydrogen-bond donors (Lipinski definition) is 1. The van der Waals surface area contributed by atoms with E-state index in [2.05, 4.69) is 16.3 Å². The van der Waals surface area contributed by atoms with Gasteiger partial charge in [-0.25, -0.2) is 4.39 Å². The summed E-state index contributed by atoms with van der Waals surface area (Å²) in [6.45, 7) is 2.80. The van der Waals surface area contributed by atoms with Gasteiger partial charge in [-0.3, -0.25) is 9.69 Å². The van der Waals surface area contributed by atoms with Gasteiger partial charge in [0.2, 0.25) is 5.91 Å². The molecule has 1 aliphatic rings. The van der Waals surface area contributed by atoms with Crippen LogP contribution in [-0.4, -0.2) is 30.9 Å². The minimum atomic E-state index is -0.363. The Kier molecular flexibility index (Phi) is 6.69. The van der Waals surface area contributed by atoms with E-state index in [4.69, 9.17) is 16.3 Å². The van der Waals surface area contributed by atoms with Crippen LogP contribution in [0.25, 0.3) is 0 Å². The van der Waals surface area contributed by atoms with Crippen LogP contribution in [0.1, 0.15) is 24.0 Å². The number of nitrogens with zero attached hydrogens (tertiary/aromatic N) is 1. The van der Waals surface area contributed by atoms with Crippen LogP contribution >= 0.6 is 11.6 Å². The molecule has 1 N–H and O–H groups in total. The summed E-state index contributed by atoms with van der Waals surface area (Å²) < 4.78 is 19.6. The highest BCUT2D eigenvalue weighted by molar-refractivity contribution is 6.31. The third kappa shape index (κ3) is 5.44. The zero-order valence-corrected chi connectivity index (χ0v) is 16.1. The summed E-state index contributed by atoms with van der Waals surface area (Å²) in [5.41, 5.74) is 1.49. The number of carbonyl (C=O) groups excluding carboxylic acids is 1. The minimum Gasteiger partial charge on any atom is -0.489 e. The van der Waals surface area contributed by atoms with E-state index >= 15 is 0 Å². The first kappa shape index (κ1) is 19.6. The van der Waals surface area contributed by atoms with E-state index in [9.17, 15) is 9.18 Å². The highest BCUT2D eigenvalue weighted by Crippen LogP contribution is 2.24. The van der Waals surface area contributed by atoms with Crippen LogP contribution in [0.4, 0.5) is 4.39 Å². The smallest absolute Gasteiger partial charge is 0.220 e. The Morgan fingerprint density at radius 1 is 1.33 bits per heavy atom. The van der Waals surface area contributed by atoms with Gasteiger partial charge in [0.15, 0.2) is 0 Å². The normalized spacial score (nSPS) is 17.1. The van der Waals surface area contributed by atoms with Crippen LogP contribution in [0.5, 0.6) is 5.75 Å². The van der Waals surface area contributed by atoms with Gasteiger partial charge in [-0.1, -0.05) is 29.8 Å². The number of ether oxygens (including phenoxy) is 1. The summed E-state index contributed by atoms with van der Waals surface area (Å²) in [6.07, 6.45) is 1.62. The molecule has 0 aromatic heterocycles. The van der Waals surface area contributed by atoms with E-state index in [0.717, 1.165) is 31.6 Å². The van der Waals surface area contributed by atoms with Crippen molar-refractivity contribution >= 4 is 17.5 Å². The molecule has 3 rings (SSSR count). The summed E-state index contributed by atoms with van der Waals surface area (Å²) in [4.78, 5) is 13.9. The van der Waals surface area contributed by atoms with Gasteiger partial charge in [0.25, 0.3) is 0 Å². The number of hydrogen-bond acceptors (Lipinski definition) is 3. The summed E-state index contributed by atoms with van der Waals surface area (Å²) in [5, 5.41) is 3.06. The van der Waals surface area contributed by atoms with E-state index in [1.807, 2.05) is 18.2 Å². The summed E-state index contributed by atoms with van der Waals surface area (Å²) in [7, 11) is 1.68. The van der Waals surface area contributed by atoms with Gasteiger partial charge in [-0.2, -0.15) is 0 Å². The van der Waals surface area contributed by atoms with Gasteiger partial charge in [0.05, 0.1) is 5.02 Å². The van der Waals surface area contributed by atoms with Gasteiger partial charge in [0.1, 0.15) is 18.2 Å². The van der Waals surface area contributed by atoms with Crippen molar-refractivity contribution in [2.24, 2.45) is 5.92 Å². The van der Waals surface area contributed by atoms with E-state index in [0.29, 0.717) is 28.7 Å². The van der Waals surface area contributed by atoms with Crippen molar-refractivity contribution in [1.82, 2.24) is 10.2 Å². The fourth-order valence-corrected chi connectivity index (χ4v) is 3.62. The number of likely N-dealkylation sites (tertiary alicyclic amines) is 1. The second-order valence-electron chi connectivity index (χ2n) is 6.90.